The van der Waals surface area contributed by atoms with Crippen molar-refractivity contribution in [1.82, 2.24) is 0 Å². The second-order valence-electron chi connectivity index (χ2n) is 5.67. The van der Waals surface area contributed by atoms with E-state index < -0.39 is 0 Å². The molecule has 0 saturated heterocycles. The van der Waals surface area contributed by atoms with Crippen molar-refractivity contribution in [2.24, 2.45) is 0 Å². The molecule has 124 valence electrons. The lowest BCUT2D eigenvalue weighted by Gasteiger charge is -2.09. The normalized spacial score (nSPS) is 11.9. The Morgan fingerprint density at radius 2 is 1.88 bits per heavy atom. The predicted molar refractivity (Wildman–Crippen MR) is 98.8 cm³/mol. The molecule has 0 saturated carbocycles. The largest absolute Gasteiger partial charge is 0.206 e. The summed E-state index contributed by atoms with van der Waals surface area (Å²) in [6.45, 7) is 7.55. The fourth-order valence-electron chi connectivity index (χ4n) is 2.49. The van der Waals surface area contributed by atoms with Crippen LogP contribution in [0.25, 0.3) is 16.7 Å². The number of rotatable bonds is 6. The molecule has 2 aromatic rings. The van der Waals surface area contributed by atoms with Gasteiger partial charge in [0.25, 0.3) is 0 Å². The van der Waals surface area contributed by atoms with Crippen LogP contribution in [-0.4, -0.2) is 0 Å². The minimum absolute atomic E-state index is 0.338. The van der Waals surface area contributed by atoms with Gasteiger partial charge < -0.3 is 0 Å². The molecule has 0 radical (unpaired) electrons. The van der Waals surface area contributed by atoms with Crippen molar-refractivity contribution in [3.05, 3.63) is 90.0 Å². The van der Waals surface area contributed by atoms with Crippen molar-refractivity contribution in [3.63, 3.8) is 0 Å². The van der Waals surface area contributed by atoms with Crippen LogP contribution >= 0.6 is 0 Å². The minimum atomic E-state index is -0.358. The maximum absolute atomic E-state index is 14.6. The first-order valence-corrected chi connectivity index (χ1v) is 8.10. The maximum atomic E-state index is 14.6. The monoisotopic (exact) mass is 324 g/mol. The van der Waals surface area contributed by atoms with E-state index >= 15 is 0 Å². The molecular formula is C22H22F2. The lowest BCUT2D eigenvalue weighted by Crippen LogP contribution is -1.92. The maximum Gasteiger partial charge on any atom is 0.131 e. The Morgan fingerprint density at radius 3 is 2.50 bits per heavy atom. The first-order valence-electron chi connectivity index (χ1n) is 8.10. The number of allylic oxidation sites excluding steroid dienone is 5. The standard InChI is InChI=1S/C22H22F2/c1-4-6-8-17(9-7-5-2)19-13-11-18(15-22(19)24)20-12-10-16(3)14-21(20)23/h4,7-15H,1,5-6H2,2-3H3. The highest BCUT2D eigenvalue weighted by molar-refractivity contribution is 5.76. The molecule has 24 heavy (non-hydrogen) atoms. The fourth-order valence-corrected chi connectivity index (χ4v) is 2.49. The van der Waals surface area contributed by atoms with Gasteiger partial charge in [-0.3, -0.25) is 0 Å². The van der Waals surface area contributed by atoms with Gasteiger partial charge in [0, 0.05) is 11.1 Å². The SMILES string of the molecule is C=CCC=C(C=CCC)c1ccc(-c2ccc(C)cc2F)cc1F. The number of aryl methyl sites for hydroxylation is 1. The van der Waals surface area contributed by atoms with E-state index in [1.54, 1.807) is 24.3 Å². The summed E-state index contributed by atoms with van der Waals surface area (Å²) >= 11 is 0. The fraction of sp³-hybridized carbons (Fsp3) is 0.182. The highest BCUT2D eigenvalue weighted by Gasteiger charge is 2.10. The molecule has 0 bridgehead atoms. The summed E-state index contributed by atoms with van der Waals surface area (Å²) in [4.78, 5) is 0. The van der Waals surface area contributed by atoms with Crippen LogP contribution in [0.5, 0.6) is 0 Å². The van der Waals surface area contributed by atoms with Crippen LogP contribution in [0.15, 0.2) is 67.3 Å². The van der Waals surface area contributed by atoms with Crippen molar-refractivity contribution in [1.29, 1.82) is 0 Å². The van der Waals surface area contributed by atoms with E-state index in [2.05, 4.69) is 6.58 Å². The third-order valence-electron chi connectivity index (χ3n) is 3.75. The van der Waals surface area contributed by atoms with Gasteiger partial charge in [0.2, 0.25) is 0 Å². The summed E-state index contributed by atoms with van der Waals surface area (Å²) in [6, 6.07) is 9.83. The molecule has 2 rings (SSSR count). The Hall–Kier alpha value is -2.48. The van der Waals surface area contributed by atoms with Crippen LogP contribution in [0, 0.1) is 18.6 Å². The zero-order valence-corrected chi connectivity index (χ0v) is 14.2. The van der Waals surface area contributed by atoms with E-state index in [0.29, 0.717) is 23.1 Å². The highest BCUT2D eigenvalue weighted by atomic mass is 19.1. The number of hydrogen-bond acceptors (Lipinski definition) is 0. The molecule has 0 spiro atoms. The van der Waals surface area contributed by atoms with E-state index in [9.17, 15) is 8.78 Å². The molecule has 0 heterocycles. The van der Waals surface area contributed by atoms with E-state index in [1.807, 2.05) is 38.1 Å². The quantitative estimate of drug-likeness (QED) is 0.402. The third-order valence-corrected chi connectivity index (χ3v) is 3.75. The number of hydrogen-bond donors (Lipinski definition) is 0. The zero-order valence-electron chi connectivity index (χ0n) is 14.2. The molecule has 0 amide bonds. The van der Waals surface area contributed by atoms with E-state index in [4.69, 9.17) is 0 Å². The summed E-state index contributed by atoms with van der Waals surface area (Å²) < 4.78 is 28.7. The molecule has 0 unspecified atom stereocenters. The molecule has 2 heteroatoms. The van der Waals surface area contributed by atoms with Crippen molar-refractivity contribution >= 4 is 5.57 Å². The zero-order chi connectivity index (χ0) is 17.5. The Kier molecular flexibility index (Phi) is 6.25. The van der Waals surface area contributed by atoms with Gasteiger partial charge >= 0.3 is 0 Å². The van der Waals surface area contributed by atoms with Crippen LogP contribution in [0.2, 0.25) is 0 Å². The number of benzene rings is 2. The molecule has 0 aliphatic heterocycles. The average Bonchev–Trinajstić information content (AvgIpc) is 2.55. The average molecular weight is 324 g/mol. The van der Waals surface area contributed by atoms with Crippen molar-refractivity contribution < 1.29 is 8.78 Å². The predicted octanol–water partition coefficient (Wildman–Crippen LogP) is 6.87. The smallest absolute Gasteiger partial charge is 0.131 e. The van der Waals surface area contributed by atoms with Crippen LogP contribution in [-0.2, 0) is 0 Å². The lowest BCUT2D eigenvalue weighted by atomic mass is 9.97. The third kappa shape index (κ3) is 4.29. The summed E-state index contributed by atoms with van der Waals surface area (Å²) in [5, 5.41) is 0. The molecule has 0 aliphatic carbocycles. The van der Waals surface area contributed by atoms with Crippen LogP contribution < -0.4 is 0 Å². The van der Waals surface area contributed by atoms with E-state index in [0.717, 1.165) is 17.6 Å². The Labute approximate surface area is 142 Å². The molecular weight excluding hydrogens is 302 g/mol. The van der Waals surface area contributed by atoms with Gasteiger partial charge in [0.15, 0.2) is 0 Å². The van der Waals surface area contributed by atoms with Gasteiger partial charge in [-0.05, 0) is 48.6 Å². The Bertz CT molecular complexity index is 783. The van der Waals surface area contributed by atoms with Crippen molar-refractivity contribution in [2.75, 3.05) is 0 Å². The Morgan fingerprint density at radius 1 is 1.08 bits per heavy atom. The van der Waals surface area contributed by atoms with Crippen LogP contribution in [0.4, 0.5) is 8.78 Å². The van der Waals surface area contributed by atoms with E-state index in [1.165, 1.54) is 12.1 Å². The van der Waals surface area contributed by atoms with Gasteiger partial charge in [-0.2, -0.15) is 0 Å². The molecule has 0 N–H and O–H groups in total. The molecule has 0 aromatic heterocycles. The van der Waals surface area contributed by atoms with Gasteiger partial charge in [0.1, 0.15) is 11.6 Å². The topological polar surface area (TPSA) is 0 Å². The Balaban J connectivity index is 2.44. The van der Waals surface area contributed by atoms with Crippen LogP contribution in [0.1, 0.15) is 30.9 Å². The van der Waals surface area contributed by atoms with Gasteiger partial charge in [-0.1, -0.05) is 55.5 Å². The summed E-state index contributed by atoms with van der Waals surface area (Å²) in [5.74, 6) is -0.695. The summed E-state index contributed by atoms with van der Waals surface area (Å²) in [5.41, 5.74) is 3.11. The number of halogens is 2. The molecule has 2 aromatic carbocycles. The van der Waals surface area contributed by atoms with Crippen molar-refractivity contribution in [2.45, 2.75) is 26.7 Å². The molecule has 0 fully saturated rings. The summed E-state index contributed by atoms with van der Waals surface area (Å²) in [7, 11) is 0. The first kappa shape index (κ1) is 17.9. The van der Waals surface area contributed by atoms with Crippen molar-refractivity contribution in [3.8, 4) is 11.1 Å². The van der Waals surface area contributed by atoms with E-state index in [-0.39, 0.29) is 11.6 Å². The van der Waals surface area contributed by atoms with Gasteiger partial charge in [-0.25, -0.2) is 8.78 Å². The van der Waals surface area contributed by atoms with Gasteiger partial charge in [-0.15, -0.1) is 6.58 Å². The molecule has 0 aliphatic rings. The minimum Gasteiger partial charge on any atom is -0.206 e. The van der Waals surface area contributed by atoms with Gasteiger partial charge in [0.05, 0.1) is 0 Å². The second-order valence-corrected chi connectivity index (χ2v) is 5.67. The second kappa shape index (κ2) is 8.39. The first-order chi connectivity index (χ1) is 11.6. The van der Waals surface area contributed by atoms with Crippen LogP contribution in [0.3, 0.4) is 0 Å². The molecule has 0 atom stereocenters. The summed E-state index contributed by atoms with van der Waals surface area (Å²) in [6.07, 6.45) is 9.14. The highest BCUT2D eigenvalue weighted by Crippen LogP contribution is 2.28. The lowest BCUT2D eigenvalue weighted by molar-refractivity contribution is 0.622. The molecule has 0 nitrogen and oxygen atoms in total.